The second-order valence-electron chi connectivity index (χ2n) is 3.48. The summed E-state index contributed by atoms with van der Waals surface area (Å²) in [5.74, 6) is 1.00. The maximum atomic E-state index is 11.7. The highest BCUT2D eigenvalue weighted by atomic mass is 32.2. The molecule has 3 heteroatoms. The van der Waals surface area contributed by atoms with E-state index in [4.69, 9.17) is 0 Å². The van der Waals surface area contributed by atoms with Crippen molar-refractivity contribution in [2.75, 3.05) is 12.3 Å². The predicted molar refractivity (Wildman–Crippen MR) is 68.5 cm³/mol. The number of carbonyl (C=O) groups is 1. The van der Waals surface area contributed by atoms with E-state index in [9.17, 15) is 4.79 Å². The lowest BCUT2D eigenvalue weighted by molar-refractivity contribution is 0.0957. The number of nitrogens with one attached hydrogen (secondary N) is 1. The van der Waals surface area contributed by atoms with Crippen molar-refractivity contribution in [3.05, 3.63) is 59.0 Å². The minimum absolute atomic E-state index is 0.0227. The van der Waals surface area contributed by atoms with Crippen LogP contribution in [0.2, 0.25) is 0 Å². The number of hydrogen-bond acceptors (Lipinski definition) is 2. The van der Waals surface area contributed by atoms with E-state index in [1.165, 1.54) is 0 Å². The topological polar surface area (TPSA) is 29.1 Å². The van der Waals surface area contributed by atoms with Gasteiger partial charge in [-0.2, -0.15) is 0 Å². The van der Waals surface area contributed by atoms with E-state index in [0.717, 1.165) is 11.3 Å². The van der Waals surface area contributed by atoms with Gasteiger partial charge >= 0.3 is 0 Å². The summed E-state index contributed by atoms with van der Waals surface area (Å²) in [6.45, 7) is 0.594. The van der Waals surface area contributed by atoms with Crippen LogP contribution >= 0.6 is 11.8 Å². The van der Waals surface area contributed by atoms with Gasteiger partial charge in [-0.25, -0.2) is 0 Å². The Morgan fingerprint density at radius 2 is 2.12 bits per heavy atom. The standard InChI is InChI=1S/C13H13NOS/c15-13(12-6-2-1-3-7-12)14-9-11-5-4-8-16-10-11/h1-7,10H,8-9H2,(H,14,15). The summed E-state index contributed by atoms with van der Waals surface area (Å²) in [5.41, 5.74) is 1.86. The first-order valence-electron chi connectivity index (χ1n) is 5.17. The third-order valence-electron chi connectivity index (χ3n) is 2.25. The molecule has 1 N–H and O–H groups in total. The predicted octanol–water partition coefficient (Wildman–Crippen LogP) is 2.60. The molecular formula is C13H13NOS. The highest BCUT2D eigenvalue weighted by Gasteiger charge is 2.04. The molecule has 1 aliphatic heterocycles. The Hall–Kier alpha value is -1.48. The van der Waals surface area contributed by atoms with Crippen LogP contribution in [0.5, 0.6) is 0 Å². The molecule has 0 saturated carbocycles. The van der Waals surface area contributed by atoms with E-state index in [2.05, 4.69) is 22.9 Å². The van der Waals surface area contributed by atoms with Crippen molar-refractivity contribution in [3.8, 4) is 0 Å². The monoisotopic (exact) mass is 231 g/mol. The molecule has 0 spiro atoms. The molecule has 1 heterocycles. The average molecular weight is 231 g/mol. The van der Waals surface area contributed by atoms with Gasteiger partial charge < -0.3 is 5.32 Å². The summed E-state index contributed by atoms with van der Waals surface area (Å²) in [5, 5.41) is 4.99. The second kappa shape index (κ2) is 5.56. The summed E-state index contributed by atoms with van der Waals surface area (Å²) in [6, 6.07) is 9.26. The van der Waals surface area contributed by atoms with Crippen molar-refractivity contribution in [2.45, 2.75) is 0 Å². The van der Waals surface area contributed by atoms with Crippen molar-refractivity contribution in [3.63, 3.8) is 0 Å². The molecular weight excluding hydrogens is 218 g/mol. The van der Waals surface area contributed by atoms with Crippen molar-refractivity contribution in [1.29, 1.82) is 0 Å². The largest absolute Gasteiger partial charge is 0.348 e. The van der Waals surface area contributed by atoms with Gasteiger partial charge in [0.15, 0.2) is 0 Å². The molecule has 0 atom stereocenters. The van der Waals surface area contributed by atoms with Gasteiger partial charge in [-0.05, 0) is 23.1 Å². The molecule has 82 valence electrons. The van der Waals surface area contributed by atoms with Crippen LogP contribution in [0.25, 0.3) is 0 Å². The summed E-state index contributed by atoms with van der Waals surface area (Å²) < 4.78 is 0. The zero-order chi connectivity index (χ0) is 11.2. The SMILES string of the molecule is O=C(NCC1=CSCC=C1)c1ccccc1. The summed E-state index contributed by atoms with van der Waals surface area (Å²) in [6.07, 6.45) is 4.16. The maximum Gasteiger partial charge on any atom is 0.251 e. The number of rotatable bonds is 3. The normalized spacial score (nSPS) is 14.4. The minimum Gasteiger partial charge on any atom is -0.348 e. The summed E-state index contributed by atoms with van der Waals surface area (Å²) in [7, 11) is 0. The van der Waals surface area contributed by atoms with Crippen LogP contribution < -0.4 is 5.32 Å². The molecule has 0 bridgehead atoms. The van der Waals surface area contributed by atoms with Crippen LogP contribution in [0.4, 0.5) is 0 Å². The fourth-order valence-corrected chi connectivity index (χ4v) is 2.10. The first-order valence-corrected chi connectivity index (χ1v) is 6.21. The van der Waals surface area contributed by atoms with Gasteiger partial charge in [0.05, 0.1) is 0 Å². The van der Waals surface area contributed by atoms with E-state index < -0.39 is 0 Å². The van der Waals surface area contributed by atoms with Crippen LogP contribution in [0, 0.1) is 0 Å². The van der Waals surface area contributed by atoms with Gasteiger partial charge in [-0.1, -0.05) is 30.4 Å². The third-order valence-corrected chi connectivity index (χ3v) is 3.10. The van der Waals surface area contributed by atoms with E-state index in [1.54, 1.807) is 11.8 Å². The van der Waals surface area contributed by atoms with Crippen molar-refractivity contribution >= 4 is 17.7 Å². The molecule has 1 aliphatic rings. The first-order chi connectivity index (χ1) is 7.86. The Morgan fingerprint density at radius 3 is 2.81 bits per heavy atom. The van der Waals surface area contributed by atoms with Crippen molar-refractivity contribution in [1.82, 2.24) is 5.32 Å². The highest BCUT2D eigenvalue weighted by molar-refractivity contribution is 8.02. The van der Waals surface area contributed by atoms with E-state index in [1.807, 2.05) is 30.3 Å². The van der Waals surface area contributed by atoms with Gasteiger partial charge in [-0.15, -0.1) is 11.8 Å². The van der Waals surface area contributed by atoms with Gasteiger partial charge in [-0.3, -0.25) is 4.79 Å². The molecule has 0 aliphatic carbocycles. The van der Waals surface area contributed by atoms with Crippen LogP contribution in [0.15, 0.2) is 53.5 Å². The first kappa shape index (κ1) is 11.0. The van der Waals surface area contributed by atoms with Crippen molar-refractivity contribution < 1.29 is 4.79 Å². The number of thioether (sulfide) groups is 1. The Bertz CT molecular complexity index is 423. The molecule has 0 radical (unpaired) electrons. The lowest BCUT2D eigenvalue weighted by atomic mass is 10.2. The fourth-order valence-electron chi connectivity index (χ4n) is 1.42. The van der Waals surface area contributed by atoms with E-state index >= 15 is 0 Å². The molecule has 2 rings (SSSR count). The quantitative estimate of drug-likeness (QED) is 0.866. The van der Waals surface area contributed by atoms with Crippen LogP contribution in [-0.2, 0) is 0 Å². The lowest BCUT2D eigenvalue weighted by Crippen LogP contribution is -2.25. The molecule has 16 heavy (non-hydrogen) atoms. The highest BCUT2D eigenvalue weighted by Crippen LogP contribution is 2.13. The molecule has 0 unspecified atom stereocenters. The number of benzene rings is 1. The van der Waals surface area contributed by atoms with Gasteiger partial charge in [0.2, 0.25) is 0 Å². The minimum atomic E-state index is -0.0227. The molecule has 1 amide bonds. The van der Waals surface area contributed by atoms with Gasteiger partial charge in [0, 0.05) is 17.9 Å². The average Bonchev–Trinajstić information content (AvgIpc) is 2.38. The number of amides is 1. The fraction of sp³-hybridized carbons (Fsp3) is 0.154. The van der Waals surface area contributed by atoms with Gasteiger partial charge in [0.25, 0.3) is 5.91 Å². The zero-order valence-electron chi connectivity index (χ0n) is 8.85. The molecule has 2 nitrogen and oxygen atoms in total. The van der Waals surface area contributed by atoms with Crippen LogP contribution in [0.3, 0.4) is 0 Å². The molecule has 0 fully saturated rings. The molecule has 1 aromatic rings. The molecule has 0 saturated heterocycles. The van der Waals surface area contributed by atoms with Crippen LogP contribution in [-0.4, -0.2) is 18.2 Å². The Morgan fingerprint density at radius 1 is 1.31 bits per heavy atom. The number of hydrogen-bond donors (Lipinski definition) is 1. The molecule has 0 aromatic heterocycles. The summed E-state index contributed by atoms with van der Waals surface area (Å²) in [4.78, 5) is 11.7. The third kappa shape index (κ3) is 3.00. The molecule has 1 aromatic carbocycles. The Labute approximate surface area is 99.4 Å². The number of carbonyl (C=O) groups excluding carboxylic acids is 1. The summed E-state index contributed by atoms with van der Waals surface area (Å²) >= 11 is 1.75. The van der Waals surface area contributed by atoms with Crippen LogP contribution in [0.1, 0.15) is 10.4 Å². The van der Waals surface area contributed by atoms with E-state index in [-0.39, 0.29) is 5.91 Å². The van der Waals surface area contributed by atoms with Gasteiger partial charge in [0.1, 0.15) is 0 Å². The van der Waals surface area contributed by atoms with E-state index in [0.29, 0.717) is 12.1 Å². The maximum absolute atomic E-state index is 11.7. The Kier molecular flexibility index (Phi) is 3.83. The second-order valence-corrected chi connectivity index (χ2v) is 4.38. The Balaban J connectivity index is 1.89. The van der Waals surface area contributed by atoms with Crippen molar-refractivity contribution in [2.24, 2.45) is 0 Å². The lowest BCUT2D eigenvalue weighted by Gasteiger charge is -2.08. The smallest absolute Gasteiger partial charge is 0.251 e. The zero-order valence-corrected chi connectivity index (χ0v) is 9.67.